The molecule has 0 radical (unpaired) electrons. The van der Waals surface area contributed by atoms with E-state index in [-0.39, 0.29) is 25.2 Å². The maximum absolute atomic E-state index is 12.6. The summed E-state index contributed by atoms with van der Waals surface area (Å²) in [5.41, 5.74) is 0. The minimum absolute atomic E-state index is 0.141. The van der Waals surface area contributed by atoms with Crippen molar-refractivity contribution in [2.75, 3.05) is 39.6 Å². The van der Waals surface area contributed by atoms with Crippen molar-refractivity contribution < 1.29 is 133 Å². The lowest BCUT2D eigenvalue weighted by Gasteiger charge is -2.49. The fourth-order valence-electron chi connectivity index (χ4n) is 9.71. The summed E-state index contributed by atoms with van der Waals surface area (Å²) in [6, 6.07) is -2.78. The van der Waals surface area contributed by atoms with Gasteiger partial charge in [-0.05, 0) is 13.3 Å². The summed E-state index contributed by atoms with van der Waals surface area (Å²) in [6.07, 6.45) is -38.8. The van der Waals surface area contributed by atoms with Crippen LogP contribution in [-0.2, 0) is 66.5 Å². The Morgan fingerprint density at radius 3 is 1.44 bits per heavy atom. The predicted octanol–water partition coefficient (Wildman–Crippen LogP) is -9.51. The van der Waals surface area contributed by atoms with Gasteiger partial charge in [-0.25, -0.2) is 0 Å². The highest BCUT2D eigenvalue weighted by molar-refractivity contribution is 5.74. The first-order valence-electron chi connectivity index (χ1n) is 24.1. The quantitative estimate of drug-likeness (QED) is 0.0571. The Balaban J connectivity index is 1.29. The van der Waals surface area contributed by atoms with Crippen LogP contribution >= 0.6 is 0 Å². The Hall–Kier alpha value is -2.55. The molecule has 30 nitrogen and oxygen atoms in total. The lowest BCUT2D eigenvalue weighted by molar-refractivity contribution is -0.389. The Morgan fingerprint density at radius 1 is 0.425 bits per heavy atom. The molecule has 6 heterocycles. The van der Waals surface area contributed by atoms with E-state index in [2.05, 4.69) is 16.0 Å². The molecule has 0 bridgehead atoms. The van der Waals surface area contributed by atoms with Crippen LogP contribution in [0.25, 0.3) is 0 Å². The number of carbonyl (C=O) groups is 3. The second-order valence-corrected chi connectivity index (χ2v) is 19.0. The first-order valence-corrected chi connectivity index (χ1v) is 24.1. The highest BCUT2D eigenvalue weighted by atomic mass is 16.8. The second-order valence-electron chi connectivity index (χ2n) is 19.0. The van der Waals surface area contributed by atoms with Crippen molar-refractivity contribution in [2.24, 2.45) is 0 Å². The summed E-state index contributed by atoms with van der Waals surface area (Å²) >= 11 is 0. The average molecular weight is 1060 g/mol. The van der Waals surface area contributed by atoms with Gasteiger partial charge in [-0.2, -0.15) is 0 Å². The van der Waals surface area contributed by atoms with E-state index in [0.717, 1.165) is 6.92 Å². The van der Waals surface area contributed by atoms with Crippen molar-refractivity contribution >= 4 is 17.7 Å². The van der Waals surface area contributed by atoms with Crippen LogP contribution in [0.5, 0.6) is 0 Å². The summed E-state index contributed by atoms with van der Waals surface area (Å²) < 4.78 is 65.7. The molecule has 6 aliphatic heterocycles. The summed E-state index contributed by atoms with van der Waals surface area (Å²) in [6.45, 7) is 0.835. The number of hydrogen-bond donors (Lipinski definition) is 16. The maximum Gasteiger partial charge on any atom is 0.217 e. The molecule has 3 amide bonds. The van der Waals surface area contributed by atoms with Gasteiger partial charge in [0.15, 0.2) is 31.5 Å². The minimum atomic E-state index is -2.11. The Morgan fingerprint density at radius 2 is 0.863 bits per heavy atom. The molecule has 6 rings (SSSR count). The number of ether oxygens (including phenoxy) is 11. The van der Waals surface area contributed by atoms with Gasteiger partial charge in [0.25, 0.3) is 0 Å². The first kappa shape index (κ1) is 59.7. The van der Waals surface area contributed by atoms with E-state index >= 15 is 0 Å². The number of hydrogen-bond acceptors (Lipinski definition) is 27. The highest BCUT2D eigenvalue weighted by Crippen LogP contribution is 2.36. The van der Waals surface area contributed by atoms with Gasteiger partial charge in [0.1, 0.15) is 91.6 Å². The third-order valence-electron chi connectivity index (χ3n) is 13.6. The Kier molecular flexibility index (Phi) is 21.8. The van der Waals surface area contributed by atoms with Crippen LogP contribution in [-0.4, -0.2) is 289 Å². The van der Waals surface area contributed by atoms with Crippen LogP contribution in [0.2, 0.25) is 0 Å². The van der Waals surface area contributed by atoms with Crippen LogP contribution in [0.4, 0.5) is 0 Å². The van der Waals surface area contributed by atoms with Crippen molar-refractivity contribution in [2.45, 2.75) is 213 Å². The van der Waals surface area contributed by atoms with Gasteiger partial charge < -0.3 is 134 Å². The van der Waals surface area contributed by atoms with E-state index in [1.54, 1.807) is 6.92 Å². The zero-order valence-corrected chi connectivity index (χ0v) is 40.5. The van der Waals surface area contributed by atoms with Crippen molar-refractivity contribution in [1.82, 2.24) is 16.0 Å². The van der Waals surface area contributed by atoms with Gasteiger partial charge in [-0.3, -0.25) is 14.4 Å². The fraction of sp³-hybridized carbons (Fsp3) is 0.930. The molecule has 0 aliphatic carbocycles. The van der Waals surface area contributed by atoms with Gasteiger partial charge in [0.05, 0.1) is 82.2 Å². The van der Waals surface area contributed by atoms with Gasteiger partial charge in [0, 0.05) is 33.6 Å². The molecule has 422 valence electrons. The SMILES string of the molecule is CC(=O)NC1C[C@H](O)C(CO)O[C@H]1OC1C(O)[C@H](O)[C@@H](CO)O[C@@H]1OC1C(O)[C@H](O[C@H]2CC(NC(C)=O)[C@H](O[C@H]3CC(NC(C)=O)[C@H](C)OC3CO)OC2CO)OC(CO[C@H]2OC(CO)[C@@H](O)C(O)C2O)[C@H]1O. The smallest absolute Gasteiger partial charge is 0.217 e. The molecule has 0 aromatic heterocycles. The number of nitrogens with one attached hydrogen (secondary N) is 3. The fourth-order valence-corrected chi connectivity index (χ4v) is 9.71. The standard InChI is InChI=1S/C43H73N3O27/c1-14-18(44-15(2)52)6-22(25(9-48)64-14)65-39-20(46-17(4)54)7-23(26(10-49)68-39)66-42-36(62)37(32(58)29(71-42)13-63-41-35(61)33(59)30(56)27(11-50)69-41)72-43-38(34(60)31(57)28(12-51)70-43)73-40-19(45-16(3)53)5-21(55)24(8-47)67-40/h14,18-43,47-51,55-62H,5-13H2,1-4H3,(H,44,52)(H,45,53)(H,46,54)/t14-,18?,19?,20?,21-,22-,23-,24?,25?,26?,27?,28+,29?,30+,31+,32+,33?,34?,35?,36?,37?,38?,39+,40-,41-,42+,43+/m0/s1. The van der Waals surface area contributed by atoms with Gasteiger partial charge >= 0.3 is 0 Å². The topological polar surface area (TPSA) is 452 Å². The van der Waals surface area contributed by atoms with E-state index in [4.69, 9.17) is 52.1 Å². The molecule has 6 aliphatic rings. The van der Waals surface area contributed by atoms with Gasteiger partial charge in [-0.15, -0.1) is 0 Å². The molecule has 0 spiro atoms. The summed E-state index contributed by atoms with van der Waals surface area (Å²) in [4.78, 5) is 36.8. The van der Waals surface area contributed by atoms with Crippen molar-refractivity contribution in [1.29, 1.82) is 0 Å². The monoisotopic (exact) mass is 1060 g/mol. The third-order valence-corrected chi connectivity index (χ3v) is 13.6. The molecule has 14 unspecified atom stereocenters. The lowest BCUT2D eigenvalue weighted by atomic mass is 9.95. The van der Waals surface area contributed by atoms with Gasteiger partial charge in [-0.1, -0.05) is 0 Å². The number of carbonyl (C=O) groups excluding carboxylic acids is 3. The second kappa shape index (κ2) is 26.7. The van der Waals surface area contributed by atoms with E-state index < -0.39 is 217 Å². The van der Waals surface area contributed by atoms with E-state index in [1.165, 1.54) is 13.8 Å². The Labute approximate surface area is 418 Å². The number of rotatable bonds is 19. The molecular weight excluding hydrogens is 990 g/mol. The van der Waals surface area contributed by atoms with Gasteiger partial charge in [0.2, 0.25) is 17.7 Å². The molecule has 30 heteroatoms. The van der Waals surface area contributed by atoms with Crippen LogP contribution in [0, 0.1) is 0 Å². The maximum atomic E-state index is 12.6. The summed E-state index contributed by atoms with van der Waals surface area (Å²) in [5, 5.41) is 147. The van der Waals surface area contributed by atoms with Crippen LogP contribution < -0.4 is 16.0 Å². The summed E-state index contributed by atoms with van der Waals surface area (Å²) in [7, 11) is 0. The van der Waals surface area contributed by atoms with Crippen LogP contribution in [0.3, 0.4) is 0 Å². The zero-order valence-electron chi connectivity index (χ0n) is 40.5. The van der Waals surface area contributed by atoms with E-state index in [1.807, 2.05) is 0 Å². The van der Waals surface area contributed by atoms with Crippen molar-refractivity contribution in [3.63, 3.8) is 0 Å². The predicted molar refractivity (Wildman–Crippen MR) is 233 cm³/mol. The normalized spacial score (nSPS) is 46.6. The van der Waals surface area contributed by atoms with Crippen LogP contribution in [0.1, 0.15) is 47.0 Å². The highest BCUT2D eigenvalue weighted by Gasteiger charge is 2.55. The van der Waals surface area contributed by atoms with Crippen molar-refractivity contribution in [3.05, 3.63) is 0 Å². The molecule has 16 N–H and O–H groups in total. The lowest BCUT2D eigenvalue weighted by Crippen LogP contribution is -2.67. The molecule has 6 saturated heterocycles. The van der Waals surface area contributed by atoms with E-state index in [0.29, 0.717) is 0 Å². The Bertz CT molecular complexity index is 1760. The third kappa shape index (κ3) is 14.3. The molecule has 0 aromatic carbocycles. The molecule has 6 fully saturated rings. The van der Waals surface area contributed by atoms with Crippen LogP contribution in [0.15, 0.2) is 0 Å². The molecule has 73 heavy (non-hydrogen) atoms. The average Bonchev–Trinajstić information content (AvgIpc) is 3.34. The molecular formula is C43H73N3O27. The zero-order chi connectivity index (χ0) is 53.6. The molecule has 27 atom stereocenters. The minimum Gasteiger partial charge on any atom is -0.394 e. The summed E-state index contributed by atoms with van der Waals surface area (Å²) in [5.74, 6) is -1.51. The number of aliphatic hydroxyl groups is 13. The largest absolute Gasteiger partial charge is 0.394 e. The molecule has 0 saturated carbocycles. The first-order chi connectivity index (χ1) is 34.6. The van der Waals surface area contributed by atoms with Crippen molar-refractivity contribution in [3.8, 4) is 0 Å². The molecule has 0 aromatic rings. The van der Waals surface area contributed by atoms with E-state index in [9.17, 15) is 80.8 Å². The number of aliphatic hydroxyl groups excluding tert-OH is 13. The number of amides is 3.